The molecule has 2 aliphatic heterocycles. The van der Waals surface area contributed by atoms with Crippen molar-refractivity contribution in [1.29, 1.82) is 0 Å². The van der Waals surface area contributed by atoms with Crippen LogP contribution >= 0.6 is 0 Å². The lowest BCUT2D eigenvalue weighted by Crippen LogP contribution is -2.67. The lowest BCUT2D eigenvalue weighted by atomic mass is 9.63. The van der Waals surface area contributed by atoms with Crippen LogP contribution in [0.15, 0.2) is 0 Å². The van der Waals surface area contributed by atoms with Crippen LogP contribution in [-0.4, -0.2) is 35.2 Å². The monoisotopic (exact) mass is 226 g/mol. The van der Waals surface area contributed by atoms with E-state index in [0.29, 0.717) is 6.54 Å². The Hall–Kier alpha value is -0.770. The Morgan fingerprint density at radius 2 is 2.12 bits per heavy atom. The topological polar surface area (TPSA) is 55.6 Å². The molecule has 3 rings (SSSR count). The molecule has 3 aliphatic rings. The van der Waals surface area contributed by atoms with Crippen molar-refractivity contribution >= 4 is 6.09 Å². The minimum Gasteiger partial charge on any atom is -0.444 e. The summed E-state index contributed by atoms with van der Waals surface area (Å²) in [5, 5.41) is 0. The number of nitrogens with two attached hydrogens (primary N) is 1. The van der Waals surface area contributed by atoms with Crippen molar-refractivity contribution < 1.29 is 9.53 Å². The lowest BCUT2D eigenvalue weighted by molar-refractivity contribution is -0.0770. The Balaban J connectivity index is 2.05. The molecule has 2 bridgehead atoms. The fourth-order valence-corrected chi connectivity index (χ4v) is 2.87. The van der Waals surface area contributed by atoms with E-state index in [1.54, 1.807) is 0 Å². The average Bonchev–Trinajstić information content (AvgIpc) is 2.13. The smallest absolute Gasteiger partial charge is 0.410 e. The Labute approximate surface area is 97.1 Å². The van der Waals surface area contributed by atoms with Crippen molar-refractivity contribution in [3.8, 4) is 0 Å². The van der Waals surface area contributed by atoms with Gasteiger partial charge in [-0.25, -0.2) is 4.79 Å². The van der Waals surface area contributed by atoms with Crippen LogP contribution in [0, 0.1) is 5.92 Å². The first-order valence-corrected chi connectivity index (χ1v) is 6.07. The molecule has 0 aromatic heterocycles. The molecule has 2 N–H and O–H groups in total. The SMILES string of the molecule is CC(C)(C)OC(=O)N1CCC2CC1(CN)C2. The van der Waals surface area contributed by atoms with E-state index in [0.717, 1.165) is 31.7 Å². The van der Waals surface area contributed by atoms with Crippen LogP contribution in [0.5, 0.6) is 0 Å². The second-order valence-electron chi connectivity index (χ2n) is 6.12. The van der Waals surface area contributed by atoms with Gasteiger partial charge in [0.1, 0.15) is 5.60 Å². The predicted molar refractivity (Wildman–Crippen MR) is 62.1 cm³/mol. The van der Waals surface area contributed by atoms with Gasteiger partial charge in [0.25, 0.3) is 0 Å². The first kappa shape index (κ1) is 11.7. The molecule has 0 unspecified atom stereocenters. The van der Waals surface area contributed by atoms with Crippen LogP contribution in [-0.2, 0) is 4.74 Å². The highest BCUT2D eigenvalue weighted by Crippen LogP contribution is 2.48. The number of nitrogens with zero attached hydrogens (tertiary/aromatic N) is 1. The molecule has 2 heterocycles. The van der Waals surface area contributed by atoms with Gasteiger partial charge in [0.05, 0.1) is 5.54 Å². The van der Waals surface area contributed by atoms with Gasteiger partial charge in [0, 0.05) is 13.1 Å². The van der Waals surface area contributed by atoms with Crippen molar-refractivity contribution in [3.05, 3.63) is 0 Å². The van der Waals surface area contributed by atoms with E-state index in [1.165, 1.54) is 0 Å². The fourth-order valence-electron chi connectivity index (χ4n) is 2.87. The van der Waals surface area contributed by atoms with E-state index in [-0.39, 0.29) is 11.6 Å². The fraction of sp³-hybridized carbons (Fsp3) is 0.917. The number of ether oxygens (including phenoxy) is 1. The molecule has 3 fully saturated rings. The summed E-state index contributed by atoms with van der Waals surface area (Å²) in [6, 6.07) is 0. The summed E-state index contributed by atoms with van der Waals surface area (Å²) in [5.74, 6) is 0.780. The van der Waals surface area contributed by atoms with Crippen molar-refractivity contribution in [2.75, 3.05) is 13.1 Å². The minimum atomic E-state index is -0.423. The molecule has 1 amide bonds. The van der Waals surface area contributed by atoms with E-state index in [2.05, 4.69) is 0 Å². The second-order valence-corrected chi connectivity index (χ2v) is 6.12. The Bertz CT molecular complexity index is 290. The van der Waals surface area contributed by atoms with Gasteiger partial charge in [-0.2, -0.15) is 0 Å². The van der Waals surface area contributed by atoms with Crippen molar-refractivity contribution in [2.24, 2.45) is 11.7 Å². The van der Waals surface area contributed by atoms with Crippen LogP contribution in [0.2, 0.25) is 0 Å². The van der Waals surface area contributed by atoms with Crippen molar-refractivity contribution in [2.45, 2.75) is 51.2 Å². The second kappa shape index (κ2) is 3.62. The van der Waals surface area contributed by atoms with Crippen LogP contribution in [0.3, 0.4) is 0 Å². The molecule has 1 aliphatic carbocycles. The highest BCUT2D eigenvalue weighted by atomic mass is 16.6. The molecule has 92 valence electrons. The number of carbonyl (C=O) groups excluding carboxylic acids is 1. The van der Waals surface area contributed by atoms with E-state index in [1.807, 2.05) is 25.7 Å². The molecule has 4 heteroatoms. The molecule has 2 saturated heterocycles. The molecular formula is C12H22N2O2. The number of hydrogen-bond acceptors (Lipinski definition) is 3. The van der Waals surface area contributed by atoms with Gasteiger partial charge in [0.15, 0.2) is 0 Å². The Kier molecular flexibility index (Phi) is 2.65. The molecular weight excluding hydrogens is 204 g/mol. The zero-order valence-corrected chi connectivity index (χ0v) is 10.5. The third-order valence-electron chi connectivity index (χ3n) is 3.66. The normalized spacial score (nSPS) is 33.2. The highest BCUT2D eigenvalue weighted by molar-refractivity contribution is 5.70. The summed E-state index contributed by atoms with van der Waals surface area (Å²) in [7, 11) is 0. The van der Waals surface area contributed by atoms with Gasteiger partial charge < -0.3 is 15.4 Å². The summed E-state index contributed by atoms with van der Waals surface area (Å²) < 4.78 is 5.43. The Morgan fingerprint density at radius 3 is 2.62 bits per heavy atom. The summed E-state index contributed by atoms with van der Waals surface area (Å²) in [5.41, 5.74) is 5.30. The van der Waals surface area contributed by atoms with E-state index in [9.17, 15) is 4.79 Å². The first-order chi connectivity index (χ1) is 7.36. The van der Waals surface area contributed by atoms with E-state index in [4.69, 9.17) is 10.5 Å². The van der Waals surface area contributed by atoms with E-state index >= 15 is 0 Å². The van der Waals surface area contributed by atoms with E-state index < -0.39 is 5.60 Å². The predicted octanol–water partition coefficient (Wildman–Crippen LogP) is 1.73. The van der Waals surface area contributed by atoms with Crippen molar-refractivity contribution in [1.82, 2.24) is 4.90 Å². The van der Waals surface area contributed by atoms with Gasteiger partial charge in [0.2, 0.25) is 0 Å². The average molecular weight is 226 g/mol. The van der Waals surface area contributed by atoms with Crippen LogP contribution in [0.1, 0.15) is 40.0 Å². The maximum Gasteiger partial charge on any atom is 0.410 e. The number of carbonyl (C=O) groups is 1. The molecule has 0 aromatic rings. The standard InChI is InChI=1S/C12H22N2O2/c1-11(2,3)16-10(15)14-5-4-9-6-12(14,7-9)8-13/h9H,4-8,13H2,1-3H3. The summed E-state index contributed by atoms with van der Waals surface area (Å²) in [4.78, 5) is 13.9. The molecule has 0 spiro atoms. The third kappa shape index (κ3) is 1.90. The van der Waals surface area contributed by atoms with Gasteiger partial charge >= 0.3 is 6.09 Å². The summed E-state index contributed by atoms with van der Waals surface area (Å²) in [6.45, 7) is 7.05. The maximum atomic E-state index is 12.1. The molecule has 0 aromatic carbocycles. The third-order valence-corrected chi connectivity index (χ3v) is 3.66. The van der Waals surface area contributed by atoms with Gasteiger partial charge in [-0.15, -0.1) is 0 Å². The van der Waals surface area contributed by atoms with Gasteiger partial charge in [-0.3, -0.25) is 0 Å². The lowest BCUT2D eigenvalue weighted by Gasteiger charge is -2.58. The maximum absolute atomic E-state index is 12.1. The van der Waals surface area contributed by atoms with Crippen LogP contribution in [0.25, 0.3) is 0 Å². The van der Waals surface area contributed by atoms with Gasteiger partial charge in [-0.1, -0.05) is 0 Å². The number of piperidine rings is 2. The zero-order valence-electron chi connectivity index (χ0n) is 10.5. The Morgan fingerprint density at radius 1 is 1.50 bits per heavy atom. The van der Waals surface area contributed by atoms with Crippen LogP contribution < -0.4 is 5.73 Å². The van der Waals surface area contributed by atoms with Crippen molar-refractivity contribution in [3.63, 3.8) is 0 Å². The molecule has 16 heavy (non-hydrogen) atoms. The number of rotatable bonds is 1. The first-order valence-electron chi connectivity index (χ1n) is 6.07. The number of fused-ring (bicyclic) bond motifs is 2. The number of hydrogen-bond donors (Lipinski definition) is 1. The molecule has 0 atom stereocenters. The molecule has 1 saturated carbocycles. The summed E-state index contributed by atoms with van der Waals surface area (Å²) >= 11 is 0. The zero-order chi connectivity index (χ0) is 12.0. The van der Waals surface area contributed by atoms with Crippen LogP contribution in [0.4, 0.5) is 4.79 Å². The molecule has 4 nitrogen and oxygen atoms in total. The number of amides is 1. The minimum absolute atomic E-state index is 0.0920. The quantitative estimate of drug-likeness (QED) is 0.741. The summed E-state index contributed by atoms with van der Waals surface area (Å²) in [6.07, 6.45) is 3.02. The highest BCUT2D eigenvalue weighted by Gasteiger charge is 2.53. The van der Waals surface area contributed by atoms with Gasteiger partial charge in [-0.05, 0) is 46.0 Å². The largest absolute Gasteiger partial charge is 0.444 e. The molecule has 0 radical (unpaired) electrons.